The van der Waals surface area contributed by atoms with Gasteiger partial charge in [-0.25, -0.2) is 5.01 Å². The third-order valence-electron chi connectivity index (χ3n) is 5.81. The summed E-state index contributed by atoms with van der Waals surface area (Å²) in [5.74, 6) is 0.460. The predicted octanol–water partition coefficient (Wildman–Crippen LogP) is 4.98. The van der Waals surface area contributed by atoms with Gasteiger partial charge >= 0.3 is 0 Å². The minimum absolute atomic E-state index is 0.236. The number of hydrogen-bond donors (Lipinski definition) is 0. The van der Waals surface area contributed by atoms with Gasteiger partial charge in [-0.3, -0.25) is 9.59 Å². The average Bonchev–Trinajstić information content (AvgIpc) is 3.33. The standard InChI is InChI=1S/C27H26ClN3O4/c1-30(2)22-11-7-20(8-12-22)24-15-23(19-5-9-21(28)10-6-19)29-31(24)27(33)17-35-25-13-4-18(16-32)14-26(25)34-3/h4-14,16,24H,15,17H2,1-3H3. The summed E-state index contributed by atoms with van der Waals surface area (Å²) < 4.78 is 11.1. The number of methoxy groups -OCH3 is 1. The zero-order chi connectivity index (χ0) is 24.9. The van der Waals surface area contributed by atoms with Crippen molar-refractivity contribution >= 4 is 35.2 Å². The average molecular weight is 492 g/mol. The van der Waals surface area contributed by atoms with Gasteiger partial charge < -0.3 is 14.4 Å². The highest BCUT2D eigenvalue weighted by Crippen LogP contribution is 2.34. The fourth-order valence-corrected chi connectivity index (χ4v) is 4.02. The number of amides is 1. The molecule has 1 atom stereocenters. The van der Waals surface area contributed by atoms with E-state index in [0.717, 1.165) is 28.8 Å². The summed E-state index contributed by atoms with van der Waals surface area (Å²) in [5, 5.41) is 6.80. The molecule has 1 unspecified atom stereocenters. The van der Waals surface area contributed by atoms with Crippen molar-refractivity contribution in [2.24, 2.45) is 5.10 Å². The number of hydrazone groups is 1. The summed E-state index contributed by atoms with van der Waals surface area (Å²) >= 11 is 6.05. The van der Waals surface area contributed by atoms with Crippen LogP contribution >= 0.6 is 11.6 Å². The lowest BCUT2D eigenvalue weighted by molar-refractivity contribution is -0.135. The Balaban J connectivity index is 1.59. The van der Waals surface area contributed by atoms with E-state index >= 15 is 0 Å². The van der Waals surface area contributed by atoms with Gasteiger partial charge in [-0.2, -0.15) is 5.10 Å². The van der Waals surface area contributed by atoms with Crippen LogP contribution in [0.3, 0.4) is 0 Å². The summed E-state index contributed by atoms with van der Waals surface area (Å²) in [6.45, 7) is -0.236. The number of nitrogens with zero attached hydrogens (tertiary/aromatic N) is 3. The monoisotopic (exact) mass is 491 g/mol. The first-order valence-corrected chi connectivity index (χ1v) is 11.5. The molecule has 8 heteroatoms. The van der Waals surface area contributed by atoms with E-state index < -0.39 is 0 Å². The van der Waals surface area contributed by atoms with Crippen molar-refractivity contribution in [1.29, 1.82) is 0 Å². The van der Waals surface area contributed by atoms with Crippen LogP contribution in [0.15, 0.2) is 71.8 Å². The van der Waals surface area contributed by atoms with Crippen LogP contribution in [-0.2, 0) is 4.79 Å². The van der Waals surface area contributed by atoms with Crippen LogP contribution in [0.5, 0.6) is 11.5 Å². The maximum absolute atomic E-state index is 13.3. The second-order valence-corrected chi connectivity index (χ2v) is 8.75. The molecule has 0 saturated heterocycles. The smallest absolute Gasteiger partial charge is 0.281 e. The molecule has 7 nitrogen and oxygen atoms in total. The number of hydrogen-bond acceptors (Lipinski definition) is 6. The first kappa shape index (κ1) is 24.3. The molecule has 3 aromatic carbocycles. The third kappa shape index (κ3) is 5.46. The summed E-state index contributed by atoms with van der Waals surface area (Å²) in [4.78, 5) is 26.4. The van der Waals surface area contributed by atoms with Gasteiger partial charge in [0, 0.05) is 36.8 Å². The molecule has 35 heavy (non-hydrogen) atoms. The summed E-state index contributed by atoms with van der Waals surface area (Å²) in [5.41, 5.74) is 4.21. The quantitative estimate of drug-likeness (QED) is 0.415. The Hall–Kier alpha value is -3.84. The van der Waals surface area contributed by atoms with Crippen LogP contribution in [0.1, 0.15) is 33.9 Å². The molecule has 0 saturated carbocycles. The largest absolute Gasteiger partial charge is 0.493 e. The van der Waals surface area contributed by atoms with Gasteiger partial charge in [-0.1, -0.05) is 35.9 Å². The van der Waals surface area contributed by atoms with Crippen molar-refractivity contribution in [1.82, 2.24) is 5.01 Å². The SMILES string of the molecule is COc1cc(C=O)ccc1OCC(=O)N1N=C(c2ccc(Cl)cc2)CC1c1ccc(N(C)C)cc1. The van der Waals surface area contributed by atoms with E-state index in [9.17, 15) is 9.59 Å². The van der Waals surface area contributed by atoms with E-state index in [1.165, 1.54) is 12.1 Å². The molecule has 180 valence electrons. The molecular formula is C27H26ClN3O4. The van der Waals surface area contributed by atoms with E-state index in [0.29, 0.717) is 28.5 Å². The maximum Gasteiger partial charge on any atom is 0.281 e. The summed E-state index contributed by atoms with van der Waals surface area (Å²) in [6, 6.07) is 20.0. The summed E-state index contributed by atoms with van der Waals surface area (Å²) in [6.07, 6.45) is 1.28. The molecule has 0 aromatic heterocycles. The highest BCUT2D eigenvalue weighted by atomic mass is 35.5. The van der Waals surface area contributed by atoms with Gasteiger partial charge in [0.05, 0.1) is 18.9 Å². The Morgan fingerprint density at radius 2 is 1.80 bits per heavy atom. The number of carbonyl (C=O) groups is 2. The van der Waals surface area contributed by atoms with Gasteiger partial charge in [0.1, 0.15) is 6.29 Å². The minimum atomic E-state index is -0.294. The lowest BCUT2D eigenvalue weighted by atomic mass is 9.98. The molecule has 1 amide bonds. The Labute approximate surface area is 209 Å². The second kappa shape index (κ2) is 10.6. The number of carbonyl (C=O) groups excluding carboxylic acids is 2. The van der Waals surface area contributed by atoms with Crippen molar-refractivity contribution in [3.05, 3.63) is 88.4 Å². The number of ether oxygens (including phenoxy) is 2. The normalized spacial score (nSPS) is 14.9. The Morgan fingerprint density at radius 1 is 1.09 bits per heavy atom. The topological polar surface area (TPSA) is 71.4 Å². The van der Waals surface area contributed by atoms with Crippen molar-refractivity contribution in [3.8, 4) is 11.5 Å². The van der Waals surface area contributed by atoms with Gasteiger partial charge in [-0.15, -0.1) is 0 Å². The molecular weight excluding hydrogens is 466 g/mol. The van der Waals surface area contributed by atoms with Crippen molar-refractivity contribution in [2.75, 3.05) is 32.7 Å². The van der Waals surface area contributed by atoms with Crippen molar-refractivity contribution in [3.63, 3.8) is 0 Å². The molecule has 4 rings (SSSR count). The Kier molecular flexibility index (Phi) is 7.36. The van der Waals surface area contributed by atoms with Crippen LogP contribution < -0.4 is 14.4 Å². The Morgan fingerprint density at radius 3 is 2.43 bits per heavy atom. The molecule has 0 spiro atoms. The van der Waals surface area contributed by atoms with Crippen LogP contribution in [0, 0.1) is 0 Å². The lowest BCUT2D eigenvalue weighted by Crippen LogP contribution is -2.31. The highest BCUT2D eigenvalue weighted by Gasteiger charge is 2.33. The fraction of sp³-hybridized carbons (Fsp3) is 0.222. The van der Waals surface area contributed by atoms with E-state index in [-0.39, 0.29) is 18.6 Å². The van der Waals surface area contributed by atoms with Crippen LogP contribution in [0.25, 0.3) is 0 Å². The van der Waals surface area contributed by atoms with Gasteiger partial charge in [0.15, 0.2) is 18.1 Å². The fourth-order valence-electron chi connectivity index (χ4n) is 3.89. The second-order valence-electron chi connectivity index (χ2n) is 8.31. The molecule has 0 radical (unpaired) electrons. The number of aldehydes is 1. The van der Waals surface area contributed by atoms with Crippen molar-refractivity contribution in [2.45, 2.75) is 12.5 Å². The van der Waals surface area contributed by atoms with E-state index in [1.807, 2.05) is 67.5 Å². The third-order valence-corrected chi connectivity index (χ3v) is 6.06. The molecule has 1 heterocycles. The molecule has 0 N–H and O–H groups in total. The first-order valence-electron chi connectivity index (χ1n) is 11.1. The molecule has 0 aliphatic carbocycles. The van der Waals surface area contributed by atoms with Gasteiger partial charge in [0.25, 0.3) is 5.91 Å². The molecule has 3 aromatic rings. The predicted molar refractivity (Wildman–Crippen MR) is 137 cm³/mol. The molecule has 1 aliphatic rings. The summed E-state index contributed by atoms with van der Waals surface area (Å²) in [7, 11) is 5.44. The Bertz CT molecular complexity index is 1240. The van der Waals surface area contributed by atoms with Crippen LogP contribution in [0.2, 0.25) is 5.02 Å². The first-order chi connectivity index (χ1) is 16.9. The van der Waals surface area contributed by atoms with E-state index in [2.05, 4.69) is 5.10 Å². The highest BCUT2D eigenvalue weighted by molar-refractivity contribution is 6.30. The lowest BCUT2D eigenvalue weighted by Gasteiger charge is -2.23. The molecule has 0 fully saturated rings. The minimum Gasteiger partial charge on any atom is -0.493 e. The van der Waals surface area contributed by atoms with Crippen LogP contribution in [0.4, 0.5) is 5.69 Å². The van der Waals surface area contributed by atoms with E-state index in [4.69, 9.17) is 21.1 Å². The van der Waals surface area contributed by atoms with E-state index in [1.54, 1.807) is 18.2 Å². The molecule has 1 aliphatic heterocycles. The zero-order valence-electron chi connectivity index (χ0n) is 19.8. The van der Waals surface area contributed by atoms with Crippen LogP contribution in [-0.4, -0.2) is 50.7 Å². The number of anilines is 1. The van der Waals surface area contributed by atoms with Gasteiger partial charge in [0.2, 0.25) is 0 Å². The molecule has 0 bridgehead atoms. The maximum atomic E-state index is 13.3. The number of rotatable bonds is 8. The van der Waals surface area contributed by atoms with Gasteiger partial charge in [-0.05, 0) is 53.6 Å². The van der Waals surface area contributed by atoms with Crippen molar-refractivity contribution < 1.29 is 19.1 Å². The zero-order valence-corrected chi connectivity index (χ0v) is 20.5. The number of halogens is 1. The number of benzene rings is 3.